The van der Waals surface area contributed by atoms with Gasteiger partial charge in [-0.1, -0.05) is 0 Å². The molecule has 0 atom stereocenters. The summed E-state index contributed by atoms with van der Waals surface area (Å²) in [7, 11) is 3.68. The molecule has 3 heteroatoms. The first-order valence-corrected chi connectivity index (χ1v) is 1.98. The van der Waals surface area contributed by atoms with E-state index in [2.05, 4.69) is 0 Å². The summed E-state index contributed by atoms with van der Waals surface area (Å²) in [5.74, 6) is 0. The van der Waals surface area contributed by atoms with Gasteiger partial charge in [0.2, 0.25) is 0 Å². The zero-order chi connectivity index (χ0) is 5.70. The largest absolute Gasteiger partial charge is 1.00 e. The third kappa shape index (κ3) is 9.96. The van der Waals surface area contributed by atoms with Crippen LogP contribution in [0.15, 0.2) is 12.3 Å². The molecular formula is C5H8KNO. The fraction of sp³-hybridized carbons (Fsp3) is 0.400. The first-order valence-electron chi connectivity index (χ1n) is 1.98. The van der Waals surface area contributed by atoms with Crippen molar-refractivity contribution in [1.82, 2.24) is 4.90 Å². The van der Waals surface area contributed by atoms with E-state index in [1.165, 1.54) is 6.08 Å². The van der Waals surface area contributed by atoms with Crippen molar-refractivity contribution in [2.24, 2.45) is 0 Å². The number of nitrogens with zero attached hydrogens (tertiary/aromatic N) is 1. The average molecular weight is 137 g/mol. The van der Waals surface area contributed by atoms with Crippen LogP contribution in [0.1, 0.15) is 0 Å². The number of allylic oxidation sites excluding steroid dienone is 1. The van der Waals surface area contributed by atoms with Crippen LogP contribution in [0.3, 0.4) is 0 Å². The van der Waals surface area contributed by atoms with Gasteiger partial charge in [0.05, 0.1) is 0 Å². The van der Waals surface area contributed by atoms with Crippen molar-refractivity contribution in [3.8, 4) is 0 Å². The first-order chi connectivity index (χ1) is 3.27. The van der Waals surface area contributed by atoms with Gasteiger partial charge < -0.3 is 9.69 Å². The monoisotopic (exact) mass is 137 g/mol. The Morgan fingerprint density at radius 3 is 2.12 bits per heavy atom. The Morgan fingerprint density at radius 1 is 1.50 bits per heavy atom. The van der Waals surface area contributed by atoms with Gasteiger partial charge in [0.25, 0.3) is 0 Å². The molecule has 0 unspecified atom stereocenters. The minimum atomic E-state index is 0. The SMILES string of the molecule is CN(C)/C=C/[C-]=O.[K+]. The summed E-state index contributed by atoms with van der Waals surface area (Å²) in [6.45, 7) is 0. The van der Waals surface area contributed by atoms with E-state index in [9.17, 15) is 4.79 Å². The molecule has 0 aromatic rings. The van der Waals surface area contributed by atoms with E-state index in [4.69, 9.17) is 0 Å². The Morgan fingerprint density at radius 2 is 2.00 bits per heavy atom. The number of hydrogen-bond acceptors (Lipinski definition) is 2. The number of hydrogen-bond donors (Lipinski definition) is 0. The van der Waals surface area contributed by atoms with Crippen LogP contribution >= 0.6 is 0 Å². The van der Waals surface area contributed by atoms with Crippen LogP contribution in [-0.4, -0.2) is 25.3 Å². The van der Waals surface area contributed by atoms with Crippen molar-refractivity contribution in [2.75, 3.05) is 14.1 Å². The molecule has 2 nitrogen and oxygen atoms in total. The van der Waals surface area contributed by atoms with Gasteiger partial charge >= 0.3 is 51.4 Å². The maximum absolute atomic E-state index is 9.47. The number of carbonyl (C=O) groups excluding carboxylic acids is 1. The topological polar surface area (TPSA) is 20.3 Å². The van der Waals surface area contributed by atoms with Crippen molar-refractivity contribution in [3.05, 3.63) is 12.3 Å². The molecule has 0 bridgehead atoms. The van der Waals surface area contributed by atoms with Crippen LogP contribution in [0.2, 0.25) is 0 Å². The molecule has 0 aromatic heterocycles. The second-order valence-electron chi connectivity index (χ2n) is 1.40. The van der Waals surface area contributed by atoms with Gasteiger partial charge in [-0.05, 0) is 20.4 Å². The van der Waals surface area contributed by atoms with Crippen LogP contribution in [0.4, 0.5) is 0 Å². The van der Waals surface area contributed by atoms with E-state index in [0.29, 0.717) is 0 Å². The Labute approximate surface area is 92.4 Å². The summed E-state index contributed by atoms with van der Waals surface area (Å²) >= 11 is 0. The Hall–Kier alpha value is 0.846. The van der Waals surface area contributed by atoms with Crippen LogP contribution in [0, 0.1) is 0 Å². The summed E-state index contributed by atoms with van der Waals surface area (Å²) < 4.78 is 0. The molecule has 0 aliphatic rings. The third-order valence-corrected chi connectivity index (χ3v) is 0.441. The molecule has 0 rings (SSSR count). The summed E-state index contributed by atoms with van der Waals surface area (Å²) in [4.78, 5) is 11.2. The summed E-state index contributed by atoms with van der Waals surface area (Å²) in [6, 6.07) is 0. The first kappa shape index (κ1) is 11.6. The quantitative estimate of drug-likeness (QED) is 0.232. The predicted molar refractivity (Wildman–Crippen MR) is 28.5 cm³/mol. The van der Waals surface area contributed by atoms with E-state index >= 15 is 0 Å². The van der Waals surface area contributed by atoms with Gasteiger partial charge in [-0.3, -0.25) is 0 Å². The maximum atomic E-state index is 9.47. The molecule has 0 amide bonds. The van der Waals surface area contributed by atoms with E-state index in [0.717, 1.165) is 0 Å². The van der Waals surface area contributed by atoms with Gasteiger partial charge in [-0.25, -0.2) is 0 Å². The van der Waals surface area contributed by atoms with Crippen LogP contribution < -0.4 is 51.4 Å². The molecule has 0 N–H and O–H groups in total. The van der Waals surface area contributed by atoms with Crippen molar-refractivity contribution in [3.63, 3.8) is 0 Å². The van der Waals surface area contributed by atoms with Gasteiger partial charge in [0.15, 0.2) is 0 Å². The third-order valence-electron chi connectivity index (χ3n) is 0.441. The molecule has 0 radical (unpaired) electrons. The van der Waals surface area contributed by atoms with Gasteiger partial charge in [-0.2, -0.15) is 6.08 Å². The van der Waals surface area contributed by atoms with E-state index in [1.54, 1.807) is 17.4 Å². The van der Waals surface area contributed by atoms with Crippen molar-refractivity contribution >= 4 is 6.29 Å². The second-order valence-corrected chi connectivity index (χ2v) is 1.40. The predicted octanol–water partition coefficient (Wildman–Crippen LogP) is -2.82. The molecule has 0 aliphatic carbocycles. The van der Waals surface area contributed by atoms with Crippen LogP contribution in [0.5, 0.6) is 0 Å². The van der Waals surface area contributed by atoms with E-state index in [1.807, 2.05) is 14.1 Å². The van der Waals surface area contributed by atoms with E-state index in [-0.39, 0.29) is 51.4 Å². The second kappa shape index (κ2) is 7.85. The molecular weight excluding hydrogens is 129 g/mol. The normalized spacial score (nSPS) is 8.25. The summed E-state index contributed by atoms with van der Waals surface area (Å²) in [5, 5.41) is 0. The molecule has 0 saturated carbocycles. The fourth-order valence-corrected chi connectivity index (χ4v) is 0.180. The van der Waals surface area contributed by atoms with Gasteiger partial charge in [0, 0.05) is 0 Å². The molecule has 0 aliphatic heterocycles. The smallest absolute Gasteiger partial charge is 0.460 e. The van der Waals surface area contributed by atoms with Crippen molar-refractivity contribution < 1.29 is 56.2 Å². The minimum absolute atomic E-state index is 0. The van der Waals surface area contributed by atoms with Crippen molar-refractivity contribution in [1.29, 1.82) is 0 Å². The molecule has 8 heavy (non-hydrogen) atoms. The average Bonchev–Trinajstić information content (AvgIpc) is 1.61. The van der Waals surface area contributed by atoms with Crippen LogP contribution in [-0.2, 0) is 4.79 Å². The molecule has 0 spiro atoms. The minimum Gasteiger partial charge on any atom is -0.460 e. The summed E-state index contributed by atoms with van der Waals surface area (Å²) in [5.41, 5.74) is 0. The molecule has 0 aromatic carbocycles. The Kier molecular flexibility index (Phi) is 11.4. The van der Waals surface area contributed by atoms with Crippen LogP contribution in [0.25, 0.3) is 0 Å². The molecule has 0 saturated heterocycles. The molecule has 40 valence electrons. The fourth-order valence-electron chi connectivity index (χ4n) is 0.180. The summed E-state index contributed by atoms with van der Waals surface area (Å²) in [6.07, 6.45) is 4.58. The van der Waals surface area contributed by atoms with Gasteiger partial charge in [0.1, 0.15) is 0 Å². The Balaban J connectivity index is 0. The Bertz CT molecular complexity index is 80.5. The zero-order valence-corrected chi connectivity index (χ0v) is 8.63. The standard InChI is InChI=1S/C5H8NO.K/c1-6(2)4-3-5-7;/h3-4H,1-2H3;/q-1;+1/b4-3+;. The van der Waals surface area contributed by atoms with Crippen molar-refractivity contribution in [2.45, 2.75) is 0 Å². The number of rotatable bonds is 2. The van der Waals surface area contributed by atoms with Gasteiger partial charge in [-0.15, -0.1) is 6.20 Å². The zero-order valence-electron chi connectivity index (χ0n) is 5.51. The molecule has 0 heterocycles. The van der Waals surface area contributed by atoms with E-state index < -0.39 is 0 Å². The maximum Gasteiger partial charge on any atom is 1.00 e. The molecule has 0 fully saturated rings.